The van der Waals surface area contributed by atoms with Gasteiger partial charge in [0.25, 0.3) is 5.91 Å². The molecule has 33 heavy (non-hydrogen) atoms. The van der Waals surface area contributed by atoms with Gasteiger partial charge in [-0.1, -0.05) is 48.5 Å². The molecule has 1 atom stereocenters. The van der Waals surface area contributed by atoms with Crippen molar-refractivity contribution in [3.8, 4) is 11.1 Å². The first kappa shape index (κ1) is 24.4. The summed E-state index contributed by atoms with van der Waals surface area (Å²) >= 11 is 5.96. The van der Waals surface area contributed by atoms with E-state index in [2.05, 4.69) is 5.32 Å². The molecule has 0 aliphatic heterocycles. The van der Waals surface area contributed by atoms with Gasteiger partial charge < -0.3 is 15.8 Å². The second-order valence-electron chi connectivity index (χ2n) is 7.31. The normalized spacial score (nSPS) is 11.8. The molecular weight excluding hydrogens is 448 g/mol. The maximum Gasteiger partial charge on any atom is 0.254 e. The number of halogens is 3. The molecule has 3 aromatic rings. The van der Waals surface area contributed by atoms with Gasteiger partial charge in [0.1, 0.15) is 17.5 Å². The molecule has 1 amide bonds. The topological polar surface area (TPSA) is 88.2 Å². The van der Waals surface area contributed by atoms with Crippen LogP contribution < -0.4 is 11.1 Å². The molecule has 5 nitrogen and oxygen atoms in total. The molecule has 4 N–H and O–H groups in total. The number of carbonyl (C=O) groups excluding carboxylic acids is 1. The van der Waals surface area contributed by atoms with Crippen molar-refractivity contribution in [1.29, 1.82) is 5.41 Å². The molecule has 3 aromatic carbocycles. The van der Waals surface area contributed by atoms with Crippen molar-refractivity contribution in [3.63, 3.8) is 0 Å². The summed E-state index contributed by atoms with van der Waals surface area (Å²) in [6.45, 7) is 1.84. The predicted molar refractivity (Wildman–Crippen MR) is 125 cm³/mol. The van der Waals surface area contributed by atoms with Gasteiger partial charge in [-0.3, -0.25) is 10.2 Å². The Morgan fingerprint density at radius 1 is 1.12 bits per heavy atom. The maximum absolute atomic E-state index is 15.1. The lowest BCUT2D eigenvalue weighted by molar-refractivity contribution is -0.133. The number of hydrogen-bond acceptors (Lipinski definition) is 3. The monoisotopic (exact) mass is 471 g/mol. The van der Waals surface area contributed by atoms with Crippen molar-refractivity contribution in [3.05, 3.63) is 94.6 Å². The molecule has 0 spiro atoms. The number of alkyl halides is 1. The fourth-order valence-electron chi connectivity index (χ4n) is 3.45. The summed E-state index contributed by atoms with van der Waals surface area (Å²) in [5.74, 6) is -2.30. The lowest BCUT2D eigenvalue weighted by atomic mass is 9.97. The molecule has 0 saturated carbocycles. The quantitative estimate of drug-likeness (QED) is 0.232. The third-order valence-corrected chi connectivity index (χ3v) is 5.40. The molecule has 172 valence electrons. The van der Waals surface area contributed by atoms with E-state index in [1.807, 2.05) is 0 Å². The number of nitrogen functional groups attached to an aromatic ring is 1. The Bertz CT molecular complexity index is 1130. The Labute approximate surface area is 196 Å². The first-order valence-corrected chi connectivity index (χ1v) is 10.8. The molecule has 0 aliphatic rings. The SMILES string of the molecule is CCOC(C(=O)NCc1ccc(C(=N)N)cc1)c1c(F)cc(-c2ccccc2CCl)cc1F. The summed E-state index contributed by atoms with van der Waals surface area (Å²) in [7, 11) is 0. The van der Waals surface area contributed by atoms with Crippen LogP contribution in [-0.2, 0) is 22.0 Å². The fourth-order valence-corrected chi connectivity index (χ4v) is 3.68. The van der Waals surface area contributed by atoms with Crippen LogP contribution >= 0.6 is 11.6 Å². The zero-order chi connectivity index (χ0) is 24.0. The number of amides is 1. The molecule has 1 unspecified atom stereocenters. The first-order valence-electron chi connectivity index (χ1n) is 10.3. The van der Waals surface area contributed by atoms with Crippen LogP contribution in [0, 0.1) is 17.0 Å². The second-order valence-corrected chi connectivity index (χ2v) is 7.58. The summed E-state index contributed by atoms with van der Waals surface area (Å²) in [6, 6.07) is 16.2. The maximum atomic E-state index is 15.1. The average molecular weight is 472 g/mol. The van der Waals surface area contributed by atoms with E-state index in [0.29, 0.717) is 16.7 Å². The molecular formula is C25H24ClF2N3O2. The predicted octanol–water partition coefficient (Wildman–Crippen LogP) is 5.05. The number of benzene rings is 3. The van der Waals surface area contributed by atoms with Crippen molar-refractivity contribution in [1.82, 2.24) is 5.32 Å². The Kier molecular flexibility index (Phi) is 8.14. The molecule has 0 radical (unpaired) electrons. The second kappa shape index (κ2) is 11.0. The van der Waals surface area contributed by atoms with E-state index >= 15 is 8.78 Å². The van der Waals surface area contributed by atoms with Crippen LogP contribution in [0.5, 0.6) is 0 Å². The molecule has 0 fully saturated rings. The molecule has 8 heteroatoms. The Balaban J connectivity index is 1.84. The minimum absolute atomic E-state index is 0.0648. The van der Waals surface area contributed by atoms with Gasteiger partial charge in [0.2, 0.25) is 0 Å². The Hall–Kier alpha value is -3.29. The molecule has 0 heterocycles. The minimum Gasteiger partial charge on any atom is -0.384 e. The van der Waals surface area contributed by atoms with Crippen LogP contribution in [0.15, 0.2) is 60.7 Å². The number of ether oxygens (including phenoxy) is 1. The summed E-state index contributed by atoms with van der Waals surface area (Å²) in [6.07, 6.45) is -1.45. The van der Waals surface area contributed by atoms with Gasteiger partial charge in [-0.2, -0.15) is 0 Å². The molecule has 0 saturated heterocycles. The molecule has 0 aromatic heterocycles. The highest BCUT2D eigenvalue weighted by atomic mass is 35.5. The van der Waals surface area contributed by atoms with E-state index in [9.17, 15) is 4.79 Å². The van der Waals surface area contributed by atoms with Crippen LogP contribution in [-0.4, -0.2) is 18.3 Å². The van der Waals surface area contributed by atoms with Gasteiger partial charge in [0.15, 0.2) is 6.10 Å². The number of hydrogen-bond donors (Lipinski definition) is 3. The van der Waals surface area contributed by atoms with E-state index in [-0.39, 0.29) is 24.9 Å². The standard InChI is InChI=1S/C25H24ClF2N3O2/c1-2-33-23(25(32)31-14-15-7-9-16(10-8-15)24(29)30)22-20(27)11-18(12-21(22)28)19-6-4-3-5-17(19)13-26/h3-12,23H,2,13-14H2,1H3,(H3,29,30)(H,31,32). The van der Waals surface area contributed by atoms with Crippen LogP contribution in [0.25, 0.3) is 11.1 Å². The van der Waals surface area contributed by atoms with E-state index in [1.54, 1.807) is 55.5 Å². The van der Waals surface area contributed by atoms with Gasteiger partial charge in [0, 0.05) is 24.6 Å². The highest BCUT2D eigenvalue weighted by Gasteiger charge is 2.28. The Morgan fingerprint density at radius 3 is 2.33 bits per heavy atom. The number of carbonyl (C=O) groups is 1. The van der Waals surface area contributed by atoms with Gasteiger partial charge in [-0.05, 0) is 41.3 Å². The number of rotatable bonds is 9. The van der Waals surface area contributed by atoms with Gasteiger partial charge in [-0.15, -0.1) is 11.6 Å². The van der Waals surface area contributed by atoms with Gasteiger partial charge in [0.05, 0.1) is 5.56 Å². The number of nitrogens with one attached hydrogen (secondary N) is 2. The van der Waals surface area contributed by atoms with Crippen LogP contribution in [0.3, 0.4) is 0 Å². The third-order valence-electron chi connectivity index (χ3n) is 5.12. The minimum atomic E-state index is -1.45. The van der Waals surface area contributed by atoms with Crippen molar-refractivity contribution in [2.75, 3.05) is 6.61 Å². The Morgan fingerprint density at radius 2 is 1.76 bits per heavy atom. The summed E-state index contributed by atoms with van der Waals surface area (Å²) < 4.78 is 35.6. The highest BCUT2D eigenvalue weighted by molar-refractivity contribution is 6.17. The molecule has 0 bridgehead atoms. The van der Waals surface area contributed by atoms with Crippen LogP contribution in [0.2, 0.25) is 0 Å². The third kappa shape index (κ3) is 5.74. The van der Waals surface area contributed by atoms with E-state index in [4.69, 9.17) is 27.5 Å². The van der Waals surface area contributed by atoms with Crippen LogP contribution in [0.4, 0.5) is 8.78 Å². The summed E-state index contributed by atoms with van der Waals surface area (Å²) in [5, 5.41) is 10.1. The van der Waals surface area contributed by atoms with Gasteiger partial charge >= 0.3 is 0 Å². The average Bonchev–Trinajstić information content (AvgIpc) is 2.81. The van der Waals surface area contributed by atoms with E-state index in [0.717, 1.165) is 11.1 Å². The molecule has 3 rings (SSSR count). The highest BCUT2D eigenvalue weighted by Crippen LogP contribution is 2.32. The lowest BCUT2D eigenvalue weighted by Crippen LogP contribution is -2.31. The summed E-state index contributed by atoms with van der Waals surface area (Å²) in [4.78, 5) is 12.8. The van der Waals surface area contributed by atoms with E-state index < -0.39 is 29.2 Å². The zero-order valence-electron chi connectivity index (χ0n) is 18.0. The first-order chi connectivity index (χ1) is 15.8. The number of amidine groups is 1. The lowest BCUT2D eigenvalue weighted by Gasteiger charge is -2.19. The van der Waals surface area contributed by atoms with Crippen molar-refractivity contribution < 1.29 is 18.3 Å². The smallest absolute Gasteiger partial charge is 0.254 e. The van der Waals surface area contributed by atoms with Crippen LogP contribution in [0.1, 0.15) is 35.3 Å². The zero-order valence-corrected chi connectivity index (χ0v) is 18.8. The van der Waals surface area contributed by atoms with E-state index in [1.165, 1.54) is 12.1 Å². The van der Waals surface area contributed by atoms with Crippen molar-refractivity contribution in [2.45, 2.75) is 25.5 Å². The number of nitrogens with two attached hydrogens (primary N) is 1. The summed E-state index contributed by atoms with van der Waals surface area (Å²) in [5.41, 5.74) is 7.95. The molecule has 0 aliphatic carbocycles. The van der Waals surface area contributed by atoms with Gasteiger partial charge in [-0.25, -0.2) is 8.78 Å². The largest absolute Gasteiger partial charge is 0.384 e. The fraction of sp³-hybridized carbons (Fsp3) is 0.200. The van der Waals surface area contributed by atoms with Crippen molar-refractivity contribution in [2.24, 2.45) is 5.73 Å². The van der Waals surface area contributed by atoms with Crippen molar-refractivity contribution >= 4 is 23.3 Å².